The van der Waals surface area contributed by atoms with E-state index in [-0.39, 0.29) is 0 Å². The van der Waals surface area contributed by atoms with E-state index in [1.807, 2.05) is 53.9 Å². The summed E-state index contributed by atoms with van der Waals surface area (Å²) >= 11 is 1.36. The third kappa shape index (κ3) is 5.79. The average molecular weight is 465 g/mol. The second kappa shape index (κ2) is 10.8. The molecule has 0 saturated carbocycles. The average Bonchev–Trinajstić information content (AvgIpc) is 3.42. The van der Waals surface area contributed by atoms with Crippen LogP contribution in [-0.2, 0) is 13.2 Å². The number of aliphatic hydroxyl groups is 1. The van der Waals surface area contributed by atoms with Gasteiger partial charge >= 0.3 is 0 Å². The molecule has 0 saturated heterocycles. The van der Waals surface area contributed by atoms with Gasteiger partial charge in [-0.15, -0.1) is 11.3 Å². The Balaban J connectivity index is 1.53. The van der Waals surface area contributed by atoms with Crippen LogP contribution in [0, 0.1) is 0 Å². The number of aliphatic hydroxyl groups excluding tert-OH is 1. The maximum Gasteiger partial charge on any atom is 0.179 e. The van der Waals surface area contributed by atoms with Crippen LogP contribution in [0.4, 0.5) is 0 Å². The van der Waals surface area contributed by atoms with E-state index in [1.54, 1.807) is 32.7 Å². The number of methoxy groups -OCH3 is 2. The van der Waals surface area contributed by atoms with Crippen LogP contribution in [0.5, 0.6) is 23.0 Å². The van der Waals surface area contributed by atoms with Gasteiger partial charge in [-0.25, -0.2) is 4.98 Å². The van der Waals surface area contributed by atoms with E-state index in [2.05, 4.69) is 9.97 Å². The molecule has 0 spiro atoms. The molecule has 8 heteroatoms. The Kier molecular flexibility index (Phi) is 7.39. The fourth-order valence-corrected chi connectivity index (χ4v) is 3.70. The van der Waals surface area contributed by atoms with E-state index >= 15 is 0 Å². The van der Waals surface area contributed by atoms with Crippen LogP contribution in [0.1, 0.15) is 27.9 Å². The summed E-state index contributed by atoms with van der Waals surface area (Å²) in [5.41, 5.74) is 2.38. The van der Waals surface area contributed by atoms with Crippen molar-refractivity contribution in [3.05, 3.63) is 94.2 Å². The molecule has 1 N–H and O–H groups in total. The number of thiazole rings is 1. The van der Waals surface area contributed by atoms with Gasteiger partial charge in [-0.05, 0) is 35.4 Å². The van der Waals surface area contributed by atoms with Gasteiger partial charge in [-0.2, -0.15) is 0 Å². The molecule has 0 radical (unpaired) electrons. The summed E-state index contributed by atoms with van der Waals surface area (Å²) in [6.45, 7) is 0.651. The van der Waals surface area contributed by atoms with Crippen LogP contribution >= 0.6 is 11.3 Å². The molecule has 4 rings (SSSR count). The molecular formula is C25H24N2O5S. The fourth-order valence-electron chi connectivity index (χ4n) is 3.07. The van der Waals surface area contributed by atoms with E-state index in [0.29, 0.717) is 35.4 Å². The van der Waals surface area contributed by atoms with E-state index in [4.69, 9.17) is 18.9 Å². The third-order valence-electron chi connectivity index (χ3n) is 4.92. The number of nitrogens with zero attached hydrogens (tertiary/aromatic N) is 2. The monoisotopic (exact) mass is 464 g/mol. The summed E-state index contributed by atoms with van der Waals surface area (Å²) in [5.74, 6) is 2.53. The van der Waals surface area contributed by atoms with Gasteiger partial charge in [0.25, 0.3) is 0 Å². The summed E-state index contributed by atoms with van der Waals surface area (Å²) in [5, 5.41) is 13.0. The van der Waals surface area contributed by atoms with Crippen molar-refractivity contribution in [1.82, 2.24) is 9.97 Å². The van der Waals surface area contributed by atoms with Crippen molar-refractivity contribution >= 4 is 11.3 Å². The molecule has 0 amide bonds. The first-order valence-electron chi connectivity index (χ1n) is 10.2. The number of hydrogen-bond acceptors (Lipinski definition) is 8. The fraction of sp³-hybridized carbons (Fsp3) is 0.200. The highest BCUT2D eigenvalue weighted by Gasteiger charge is 2.18. The minimum absolute atomic E-state index is 0.319. The van der Waals surface area contributed by atoms with Gasteiger partial charge in [0.05, 0.1) is 26.1 Å². The minimum Gasteiger partial charge on any atom is -0.497 e. The summed E-state index contributed by atoms with van der Waals surface area (Å²) in [7, 11) is 3.26. The number of benzene rings is 2. The normalized spacial score (nSPS) is 11.6. The van der Waals surface area contributed by atoms with Crippen LogP contribution in [-0.4, -0.2) is 29.3 Å². The third-order valence-corrected chi connectivity index (χ3v) is 5.75. The van der Waals surface area contributed by atoms with Crippen molar-refractivity contribution in [2.45, 2.75) is 19.3 Å². The Morgan fingerprint density at radius 1 is 0.818 bits per heavy atom. The maximum atomic E-state index is 10.7. The van der Waals surface area contributed by atoms with Gasteiger partial charge in [-0.1, -0.05) is 24.3 Å². The summed E-state index contributed by atoms with van der Waals surface area (Å²) < 4.78 is 22.5. The molecule has 0 fully saturated rings. The van der Waals surface area contributed by atoms with E-state index in [9.17, 15) is 5.11 Å². The van der Waals surface area contributed by atoms with E-state index in [1.165, 1.54) is 11.3 Å². The molecule has 2 aromatic heterocycles. The number of hydrogen-bond donors (Lipinski definition) is 1. The standard InChI is InChI=1S/C25H24N2O5S/c1-29-19-7-3-17(4-8-19)15-31-22-13-21(24(28)25-26-11-12-33-25)27-14-23(22)32-16-18-5-9-20(30-2)10-6-18/h3-14,24,28H,15-16H2,1-2H3. The Morgan fingerprint density at radius 3 is 1.91 bits per heavy atom. The van der Waals surface area contributed by atoms with Gasteiger partial charge in [0.15, 0.2) is 11.5 Å². The summed E-state index contributed by atoms with van der Waals surface area (Å²) in [6, 6.07) is 17.0. The highest BCUT2D eigenvalue weighted by molar-refractivity contribution is 7.09. The molecule has 1 atom stereocenters. The first-order valence-corrected chi connectivity index (χ1v) is 11.1. The lowest BCUT2D eigenvalue weighted by Gasteiger charge is -2.15. The molecule has 170 valence electrons. The number of aromatic nitrogens is 2. The largest absolute Gasteiger partial charge is 0.497 e. The second-order valence-electron chi connectivity index (χ2n) is 7.10. The SMILES string of the molecule is COc1ccc(COc2cnc(C(O)c3nccs3)cc2OCc2ccc(OC)cc2)cc1. The number of ether oxygens (including phenoxy) is 4. The number of rotatable bonds is 10. The van der Waals surface area contributed by atoms with Crippen LogP contribution < -0.4 is 18.9 Å². The maximum absolute atomic E-state index is 10.7. The molecule has 0 aliphatic rings. The zero-order chi connectivity index (χ0) is 23.0. The Morgan fingerprint density at radius 2 is 1.39 bits per heavy atom. The molecule has 33 heavy (non-hydrogen) atoms. The molecule has 4 aromatic rings. The van der Waals surface area contributed by atoms with Crippen LogP contribution in [0.25, 0.3) is 0 Å². The Bertz CT molecular complexity index is 1150. The zero-order valence-corrected chi connectivity index (χ0v) is 19.1. The zero-order valence-electron chi connectivity index (χ0n) is 18.3. The van der Waals surface area contributed by atoms with Gasteiger partial charge in [-0.3, -0.25) is 4.98 Å². The summed E-state index contributed by atoms with van der Waals surface area (Å²) in [4.78, 5) is 8.57. The van der Waals surface area contributed by atoms with Gasteiger partial charge in [0.1, 0.15) is 35.8 Å². The van der Waals surface area contributed by atoms with Gasteiger partial charge in [0.2, 0.25) is 0 Å². The topological polar surface area (TPSA) is 82.9 Å². The van der Waals surface area contributed by atoms with E-state index in [0.717, 1.165) is 22.6 Å². The first-order chi connectivity index (χ1) is 16.2. The van der Waals surface area contributed by atoms with Crippen molar-refractivity contribution in [2.75, 3.05) is 14.2 Å². The van der Waals surface area contributed by atoms with Crippen molar-refractivity contribution in [3.63, 3.8) is 0 Å². The molecule has 2 heterocycles. The predicted molar refractivity (Wildman–Crippen MR) is 125 cm³/mol. The predicted octanol–water partition coefficient (Wildman–Crippen LogP) is 4.80. The van der Waals surface area contributed by atoms with Crippen LogP contribution in [0.2, 0.25) is 0 Å². The lowest BCUT2D eigenvalue weighted by atomic mass is 10.2. The minimum atomic E-state index is -0.941. The van der Waals surface area contributed by atoms with Crippen molar-refractivity contribution in [2.24, 2.45) is 0 Å². The van der Waals surface area contributed by atoms with Crippen molar-refractivity contribution < 1.29 is 24.1 Å². The molecule has 7 nitrogen and oxygen atoms in total. The summed E-state index contributed by atoms with van der Waals surface area (Å²) in [6.07, 6.45) is 2.28. The molecule has 0 bridgehead atoms. The van der Waals surface area contributed by atoms with E-state index < -0.39 is 6.10 Å². The molecular weight excluding hydrogens is 440 g/mol. The van der Waals surface area contributed by atoms with Gasteiger partial charge < -0.3 is 24.1 Å². The lowest BCUT2D eigenvalue weighted by molar-refractivity contribution is 0.211. The van der Waals surface area contributed by atoms with Crippen LogP contribution in [0.15, 0.2) is 72.4 Å². The highest BCUT2D eigenvalue weighted by atomic mass is 32.1. The second-order valence-corrected chi connectivity index (χ2v) is 8.03. The van der Waals surface area contributed by atoms with Crippen molar-refractivity contribution in [3.8, 4) is 23.0 Å². The Labute approximate surface area is 196 Å². The lowest BCUT2D eigenvalue weighted by Crippen LogP contribution is -2.06. The smallest absolute Gasteiger partial charge is 0.179 e. The Hall–Kier alpha value is -3.62. The number of pyridine rings is 1. The molecule has 1 unspecified atom stereocenters. The molecule has 0 aliphatic carbocycles. The first kappa shape index (κ1) is 22.6. The van der Waals surface area contributed by atoms with Crippen molar-refractivity contribution in [1.29, 1.82) is 0 Å². The van der Waals surface area contributed by atoms with Gasteiger partial charge in [0, 0.05) is 17.6 Å². The van der Waals surface area contributed by atoms with Crippen LogP contribution in [0.3, 0.4) is 0 Å². The quantitative estimate of drug-likeness (QED) is 0.361. The highest BCUT2D eigenvalue weighted by Crippen LogP contribution is 2.32. The molecule has 2 aromatic carbocycles. The molecule has 0 aliphatic heterocycles.